The minimum atomic E-state index is -0.00232. The highest BCUT2D eigenvalue weighted by molar-refractivity contribution is 5.94. The van der Waals surface area contributed by atoms with E-state index in [1.54, 1.807) is 4.90 Å². The molecular formula is C18H27N3O2. The van der Waals surface area contributed by atoms with Crippen molar-refractivity contribution in [3.05, 3.63) is 35.4 Å². The first-order valence-corrected chi connectivity index (χ1v) is 8.33. The third-order valence-corrected chi connectivity index (χ3v) is 4.12. The second-order valence-corrected chi connectivity index (χ2v) is 6.44. The van der Waals surface area contributed by atoms with Gasteiger partial charge in [0, 0.05) is 44.7 Å². The van der Waals surface area contributed by atoms with E-state index in [0.29, 0.717) is 12.1 Å². The first-order chi connectivity index (χ1) is 11.0. The Morgan fingerprint density at radius 2 is 1.87 bits per heavy atom. The molecule has 126 valence electrons. The summed E-state index contributed by atoms with van der Waals surface area (Å²) >= 11 is 0. The molecule has 2 amide bonds. The molecule has 0 spiro atoms. The fourth-order valence-corrected chi connectivity index (χ4v) is 2.78. The smallest absolute Gasteiger partial charge is 0.253 e. The highest BCUT2D eigenvalue weighted by Crippen LogP contribution is 2.11. The van der Waals surface area contributed by atoms with Gasteiger partial charge >= 0.3 is 0 Å². The van der Waals surface area contributed by atoms with Crippen molar-refractivity contribution >= 4 is 11.8 Å². The molecule has 5 nitrogen and oxygen atoms in total. The van der Waals surface area contributed by atoms with Crippen LogP contribution < -0.4 is 5.32 Å². The summed E-state index contributed by atoms with van der Waals surface area (Å²) in [7, 11) is 1.81. The Bertz CT molecular complexity index is 532. The molecule has 0 atom stereocenters. The van der Waals surface area contributed by atoms with Crippen molar-refractivity contribution in [1.29, 1.82) is 0 Å². The van der Waals surface area contributed by atoms with Crippen LogP contribution in [0.2, 0.25) is 0 Å². The molecule has 1 heterocycles. The predicted octanol–water partition coefficient (Wildman–Crippen LogP) is 1.74. The fourth-order valence-electron chi connectivity index (χ4n) is 2.78. The minimum Gasteiger partial charge on any atom is -0.341 e. The zero-order valence-corrected chi connectivity index (χ0v) is 14.3. The zero-order valence-electron chi connectivity index (χ0n) is 14.3. The van der Waals surface area contributed by atoms with Crippen molar-refractivity contribution in [3.63, 3.8) is 0 Å². The average Bonchev–Trinajstić information content (AvgIpc) is 2.83. The number of carbonyl (C=O) groups excluding carboxylic acids is 2. The van der Waals surface area contributed by atoms with Gasteiger partial charge in [-0.2, -0.15) is 0 Å². The summed E-state index contributed by atoms with van der Waals surface area (Å²) in [4.78, 5) is 28.1. The topological polar surface area (TPSA) is 52.7 Å². The lowest BCUT2D eigenvalue weighted by atomic mass is 10.1. The van der Waals surface area contributed by atoms with Gasteiger partial charge in [-0.1, -0.05) is 26.0 Å². The number of amides is 2. The van der Waals surface area contributed by atoms with Crippen molar-refractivity contribution in [2.75, 3.05) is 33.2 Å². The third-order valence-electron chi connectivity index (χ3n) is 4.12. The van der Waals surface area contributed by atoms with Crippen molar-refractivity contribution in [3.8, 4) is 0 Å². The van der Waals surface area contributed by atoms with Gasteiger partial charge in [0.15, 0.2) is 0 Å². The molecule has 1 aromatic carbocycles. The first-order valence-electron chi connectivity index (χ1n) is 8.33. The summed E-state index contributed by atoms with van der Waals surface area (Å²) < 4.78 is 0. The minimum absolute atomic E-state index is 0.00232. The lowest BCUT2D eigenvalue weighted by Crippen LogP contribution is -2.34. The first kappa shape index (κ1) is 17.5. The molecule has 0 aromatic heterocycles. The standard InChI is InChI=1S/C18H27N3O2/c1-14(2)17(22)20(3)13-15-5-7-16(8-6-15)18(23)21-11-4-9-19-10-12-21/h5-8,14,19H,4,9-13H2,1-3H3. The Balaban J connectivity index is 1.98. The number of benzene rings is 1. The molecule has 1 fully saturated rings. The molecule has 0 bridgehead atoms. The summed E-state index contributed by atoms with van der Waals surface area (Å²) in [5.74, 6) is 0.214. The molecule has 1 aliphatic heterocycles. The van der Waals surface area contributed by atoms with Crippen LogP contribution in [0.15, 0.2) is 24.3 Å². The maximum absolute atomic E-state index is 12.5. The molecule has 1 N–H and O–H groups in total. The van der Waals surface area contributed by atoms with Crippen LogP contribution in [0.3, 0.4) is 0 Å². The predicted molar refractivity (Wildman–Crippen MR) is 91.1 cm³/mol. The summed E-state index contributed by atoms with van der Waals surface area (Å²) in [5, 5.41) is 3.30. The Morgan fingerprint density at radius 1 is 1.17 bits per heavy atom. The van der Waals surface area contributed by atoms with Gasteiger partial charge in [0.25, 0.3) is 5.91 Å². The molecule has 1 saturated heterocycles. The van der Waals surface area contributed by atoms with Gasteiger partial charge in [0.1, 0.15) is 0 Å². The van der Waals surface area contributed by atoms with Crippen LogP contribution in [-0.4, -0.2) is 54.8 Å². The summed E-state index contributed by atoms with van der Waals surface area (Å²) in [5.41, 5.74) is 1.75. The van der Waals surface area contributed by atoms with Gasteiger partial charge < -0.3 is 15.1 Å². The molecular weight excluding hydrogens is 290 g/mol. The molecule has 0 aliphatic carbocycles. The lowest BCUT2D eigenvalue weighted by molar-refractivity contribution is -0.133. The largest absolute Gasteiger partial charge is 0.341 e. The van der Waals surface area contributed by atoms with Crippen molar-refractivity contribution in [1.82, 2.24) is 15.1 Å². The van der Waals surface area contributed by atoms with E-state index in [1.165, 1.54) is 0 Å². The van der Waals surface area contributed by atoms with Crippen LogP contribution in [0.1, 0.15) is 36.2 Å². The van der Waals surface area contributed by atoms with Gasteiger partial charge in [0.05, 0.1) is 0 Å². The molecule has 0 unspecified atom stereocenters. The van der Waals surface area contributed by atoms with Crippen LogP contribution in [0.5, 0.6) is 0 Å². The van der Waals surface area contributed by atoms with Crippen molar-refractivity contribution in [2.45, 2.75) is 26.8 Å². The van der Waals surface area contributed by atoms with Gasteiger partial charge in [-0.15, -0.1) is 0 Å². The maximum atomic E-state index is 12.5. The summed E-state index contributed by atoms with van der Waals surface area (Å²) in [6.45, 7) is 7.75. The van der Waals surface area contributed by atoms with Gasteiger partial charge in [-0.25, -0.2) is 0 Å². The number of carbonyl (C=O) groups is 2. The second-order valence-electron chi connectivity index (χ2n) is 6.44. The second kappa shape index (κ2) is 8.11. The number of hydrogen-bond acceptors (Lipinski definition) is 3. The molecule has 1 aromatic rings. The van der Waals surface area contributed by atoms with E-state index < -0.39 is 0 Å². The van der Waals surface area contributed by atoms with Gasteiger partial charge in [-0.05, 0) is 30.7 Å². The Labute approximate surface area is 138 Å². The number of nitrogens with one attached hydrogen (secondary N) is 1. The van der Waals surface area contributed by atoms with Crippen molar-refractivity contribution in [2.24, 2.45) is 5.92 Å². The van der Waals surface area contributed by atoms with Gasteiger partial charge in [-0.3, -0.25) is 9.59 Å². The highest BCUT2D eigenvalue weighted by atomic mass is 16.2. The Kier molecular flexibility index (Phi) is 6.16. The van der Waals surface area contributed by atoms with E-state index in [9.17, 15) is 9.59 Å². The summed E-state index contributed by atoms with van der Waals surface area (Å²) in [6, 6.07) is 7.61. The van der Waals surface area contributed by atoms with E-state index in [4.69, 9.17) is 0 Å². The molecule has 0 radical (unpaired) electrons. The summed E-state index contributed by atoms with van der Waals surface area (Å²) in [6.07, 6.45) is 0.992. The van der Waals surface area contributed by atoms with Crippen LogP contribution in [0.4, 0.5) is 0 Å². The normalized spacial score (nSPS) is 15.4. The number of rotatable bonds is 4. The molecule has 0 saturated carbocycles. The fraction of sp³-hybridized carbons (Fsp3) is 0.556. The van der Waals surface area contributed by atoms with Gasteiger partial charge in [0.2, 0.25) is 5.91 Å². The van der Waals surface area contributed by atoms with Crippen molar-refractivity contribution < 1.29 is 9.59 Å². The van der Waals surface area contributed by atoms with E-state index in [1.807, 2.05) is 50.1 Å². The van der Waals surface area contributed by atoms with Crippen LogP contribution in [-0.2, 0) is 11.3 Å². The van der Waals surface area contributed by atoms with Crippen LogP contribution >= 0.6 is 0 Å². The highest BCUT2D eigenvalue weighted by Gasteiger charge is 2.17. The Morgan fingerprint density at radius 3 is 2.52 bits per heavy atom. The van der Waals surface area contributed by atoms with Crippen LogP contribution in [0, 0.1) is 5.92 Å². The Hall–Kier alpha value is -1.88. The number of nitrogens with zero attached hydrogens (tertiary/aromatic N) is 2. The zero-order chi connectivity index (χ0) is 16.8. The third kappa shape index (κ3) is 4.79. The SMILES string of the molecule is CC(C)C(=O)N(C)Cc1ccc(C(=O)N2CCCNCC2)cc1. The maximum Gasteiger partial charge on any atom is 0.253 e. The molecule has 1 aliphatic rings. The van der Waals surface area contributed by atoms with Crippen LogP contribution in [0.25, 0.3) is 0 Å². The van der Waals surface area contributed by atoms with E-state index >= 15 is 0 Å². The lowest BCUT2D eigenvalue weighted by Gasteiger charge is -2.21. The number of hydrogen-bond donors (Lipinski definition) is 1. The molecule has 2 rings (SSSR count). The van der Waals surface area contributed by atoms with E-state index in [-0.39, 0.29) is 17.7 Å². The average molecular weight is 317 g/mol. The van der Waals surface area contributed by atoms with E-state index in [2.05, 4.69) is 5.32 Å². The quantitative estimate of drug-likeness (QED) is 0.920. The monoisotopic (exact) mass is 317 g/mol. The molecule has 23 heavy (non-hydrogen) atoms. The molecule has 5 heteroatoms. The van der Waals surface area contributed by atoms with E-state index in [0.717, 1.165) is 38.2 Å².